The molecule has 0 radical (unpaired) electrons. The van der Waals surface area contributed by atoms with Gasteiger partial charge in [0.05, 0.1) is 0 Å². The lowest BCUT2D eigenvalue weighted by Crippen LogP contribution is -2.39. The highest BCUT2D eigenvalue weighted by Crippen LogP contribution is 2.06. The first-order valence-corrected chi connectivity index (χ1v) is 8.91. The number of hydrogen-bond donors (Lipinski definition) is 0. The fourth-order valence-corrected chi connectivity index (χ4v) is 3.64. The quantitative estimate of drug-likeness (QED) is 0.605. The van der Waals surface area contributed by atoms with E-state index in [1.54, 1.807) is 0 Å². The van der Waals surface area contributed by atoms with Crippen LogP contribution >= 0.6 is 0 Å². The third-order valence-electron chi connectivity index (χ3n) is 2.65. The topological polar surface area (TPSA) is 26.3 Å². The third kappa shape index (κ3) is 4.57. The summed E-state index contributed by atoms with van der Waals surface area (Å²) in [6.45, 7) is 7.87. The van der Waals surface area contributed by atoms with Gasteiger partial charge in [-0.1, -0.05) is 60.4 Å². The van der Waals surface area contributed by atoms with E-state index in [0.717, 1.165) is 0 Å². The molecule has 0 heterocycles. The molecule has 2 nitrogen and oxygen atoms in total. The van der Waals surface area contributed by atoms with Gasteiger partial charge < -0.3 is 4.74 Å². The zero-order chi connectivity index (χ0) is 12.9. The van der Waals surface area contributed by atoms with Gasteiger partial charge >= 0.3 is 5.97 Å². The first kappa shape index (κ1) is 13.7. The number of carbonyl (C=O) groups excluding carboxylic acids is 1. The Hall–Kier alpha value is -1.35. The molecule has 0 saturated heterocycles. The van der Waals surface area contributed by atoms with Crippen molar-refractivity contribution in [1.82, 2.24) is 0 Å². The number of ether oxygens (including phenoxy) is 1. The van der Waals surface area contributed by atoms with Crippen LogP contribution in [-0.4, -0.2) is 20.1 Å². The molecule has 0 bridgehead atoms. The van der Waals surface area contributed by atoms with Gasteiger partial charge in [-0.2, -0.15) is 0 Å². The monoisotopic (exact) mass is 248 g/mol. The highest BCUT2D eigenvalue weighted by atomic mass is 28.3. The van der Waals surface area contributed by atoms with Crippen LogP contribution in [0.4, 0.5) is 0 Å². The molecule has 1 atom stereocenters. The Labute approximate surface area is 104 Å². The van der Waals surface area contributed by atoms with E-state index in [1.807, 2.05) is 19.1 Å². The van der Waals surface area contributed by atoms with Gasteiger partial charge in [0.2, 0.25) is 0 Å². The zero-order valence-electron chi connectivity index (χ0n) is 10.9. The van der Waals surface area contributed by atoms with Crippen molar-refractivity contribution in [2.75, 3.05) is 0 Å². The molecule has 0 N–H and O–H groups in total. The number of rotatable bonds is 4. The number of esters is 1. The van der Waals surface area contributed by atoms with Gasteiger partial charge in [0.15, 0.2) is 0 Å². The average Bonchev–Trinajstić information content (AvgIpc) is 2.27. The predicted octanol–water partition coefficient (Wildman–Crippen LogP) is 2.65. The minimum Gasteiger partial charge on any atom is -0.459 e. The van der Waals surface area contributed by atoms with E-state index in [4.69, 9.17) is 4.74 Å². The molecule has 0 unspecified atom stereocenters. The molecule has 0 fully saturated rings. The molecule has 1 aromatic carbocycles. The molecule has 0 aliphatic heterocycles. The smallest absolute Gasteiger partial charge is 0.303 e. The molecule has 0 saturated carbocycles. The molecule has 17 heavy (non-hydrogen) atoms. The Morgan fingerprint density at radius 1 is 1.29 bits per heavy atom. The van der Waals surface area contributed by atoms with E-state index in [9.17, 15) is 4.79 Å². The van der Waals surface area contributed by atoms with Crippen molar-refractivity contribution in [2.45, 2.75) is 33.0 Å². The summed E-state index contributed by atoms with van der Waals surface area (Å²) in [5, 5.41) is 1.38. The summed E-state index contributed by atoms with van der Waals surface area (Å²) in [5.41, 5.74) is 2.22. The molecule has 92 valence electrons. The predicted molar refractivity (Wildman–Crippen MR) is 73.9 cm³/mol. The van der Waals surface area contributed by atoms with Crippen molar-refractivity contribution >= 4 is 19.2 Å². The minimum atomic E-state index is -1.57. The van der Waals surface area contributed by atoms with Crippen molar-refractivity contribution in [3.8, 4) is 0 Å². The second kappa shape index (κ2) is 5.82. The Bertz CT molecular complexity index is 396. The second-order valence-electron chi connectivity index (χ2n) is 4.76. The van der Waals surface area contributed by atoms with Crippen LogP contribution in [0.5, 0.6) is 0 Å². The van der Waals surface area contributed by atoms with Crippen LogP contribution in [0.15, 0.2) is 42.1 Å². The normalized spacial score (nSPS) is 13.6. The van der Waals surface area contributed by atoms with E-state index in [2.05, 4.69) is 43.1 Å². The van der Waals surface area contributed by atoms with Crippen LogP contribution in [0.2, 0.25) is 13.1 Å². The Morgan fingerprint density at radius 2 is 1.88 bits per heavy atom. The van der Waals surface area contributed by atoms with E-state index < -0.39 is 8.07 Å². The van der Waals surface area contributed by atoms with Crippen molar-refractivity contribution in [3.05, 3.63) is 42.1 Å². The highest BCUT2D eigenvalue weighted by Gasteiger charge is 2.19. The molecule has 1 rings (SSSR count). The van der Waals surface area contributed by atoms with Crippen LogP contribution in [0.1, 0.15) is 13.8 Å². The van der Waals surface area contributed by atoms with Crippen LogP contribution < -0.4 is 5.19 Å². The first-order valence-electron chi connectivity index (χ1n) is 5.84. The summed E-state index contributed by atoms with van der Waals surface area (Å²) >= 11 is 0. The van der Waals surface area contributed by atoms with Crippen LogP contribution in [-0.2, 0) is 9.53 Å². The maximum atomic E-state index is 10.8. The lowest BCUT2D eigenvalue weighted by Gasteiger charge is -2.19. The largest absolute Gasteiger partial charge is 0.459 e. The molecule has 0 amide bonds. The van der Waals surface area contributed by atoms with Gasteiger partial charge in [-0.25, -0.2) is 0 Å². The van der Waals surface area contributed by atoms with Gasteiger partial charge in [-0.15, -0.1) is 0 Å². The van der Waals surface area contributed by atoms with Gasteiger partial charge in [-0.05, 0) is 6.92 Å². The fourth-order valence-electron chi connectivity index (χ4n) is 1.64. The zero-order valence-corrected chi connectivity index (χ0v) is 11.9. The average molecular weight is 248 g/mol. The number of benzene rings is 1. The first-order chi connectivity index (χ1) is 7.92. The van der Waals surface area contributed by atoms with E-state index in [1.165, 1.54) is 12.1 Å². The summed E-state index contributed by atoms with van der Waals surface area (Å²) in [4.78, 5) is 10.8. The molecular formula is C14H20O2Si. The summed E-state index contributed by atoms with van der Waals surface area (Å²) in [7, 11) is -1.57. The van der Waals surface area contributed by atoms with Crippen molar-refractivity contribution < 1.29 is 9.53 Å². The van der Waals surface area contributed by atoms with Gasteiger partial charge in [0.1, 0.15) is 14.2 Å². The van der Waals surface area contributed by atoms with Crippen LogP contribution in [0, 0.1) is 0 Å². The molecule has 0 spiro atoms. The highest BCUT2D eigenvalue weighted by molar-refractivity contribution is 6.93. The lowest BCUT2D eigenvalue weighted by molar-refractivity contribution is -0.143. The summed E-state index contributed by atoms with van der Waals surface area (Å²) in [5.74, 6) is -0.235. The van der Waals surface area contributed by atoms with Crippen molar-refractivity contribution in [1.29, 1.82) is 0 Å². The Kier molecular flexibility index (Phi) is 4.69. The van der Waals surface area contributed by atoms with Crippen LogP contribution in [0.3, 0.4) is 0 Å². The Balaban J connectivity index is 2.73. The van der Waals surface area contributed by atoms with E-state index in [-0.39, 0.29) is 12.1 Å². The van der Waals surface area contributed by atoms with E-state index >= 15 is 0 Å². The van der Waals surface area contributed by atoms with E-state index in [0.29, 0.717) is 0 Å². The summed E-state index contributed by atoms with van der Waals surface area (Å²) in [6, 6.07) is 10.5. The molecule has 0 aliphatic carbocycles. The number of carbonyl (C=O) groups is 1. The Morgan fingerprint density at radius 3 is 2.41 bits per heavy atom. The van der Waals surface area contributed by atoms with Gasteiger partial charge in [-0.3, -0.25) is 4.79 Å². The third-order valence-corrected chi connectivity index (χ3v) is 5.50. The van der Waals surface area contributed by atoms with Crippen molar-refractivity contribution in [2.24, 2.45) is 0 Å². The maximum absolute atomic E-state index is 10.8. The maximum Gasteiger partial charge on any atom is 0.303 e. The molecule has 0 aliphatic rings. The fraction of sp³-hybridized carbons (Fsp3) is 0.357. The molecule has 0 aromatic heterocycles. The summed E-state index contributed by atoms with van der Waals surface area (Å²) in [6.07, 6.45) is 1.84. The van der Waals surface area contributed by atoms with Crippen molar-refractivity contribution in [3.63, 3.8) is 0 Å². The van der Waals surface area contributed by atoms with Gasteiger partial charge in [0.25, 0.3) is 0 Å². The number of hydrogen-bond acceptors (Lipinski definition) is 2. The molecule has 3 heteroatoms. The standard InChI is InChI=1S/C14H20O2Si/c1-12(16-13(2)15)10-11-17(3,4)14-8-6-5-7-9-14/h5-12H,1-4H3/b11-10+/t12-/m1/s1. The lowest BCUT2D eigenvalue weighted by atomic mass is 10.4. The molecular weight excluding hydrogens is 228 g/mol. The SMILES string of the molecule is CC(=O)O[C@H](C)/C=C/[Si](C)(C)c1ccccc1. The van der Waals surface area contributed by atoms with Gasteiger partial charge in [0, 0.05) is 6.92 Å². The van der Waals surface area contributed by atoms with Crippen LogP contribution in [0.25, 0.3) is 0 Å². The molecule has 1 aromatic rings. The second-order valence-corrected chi connectivity index (χ2v) is 9.12. The minimum absolute atomic E-state index is 0.150. The summed E-state index contributed by atoms with van der Waals surface area (Å²) < 4.78 is 5.08.